The number of carbonyl (C=O) groups is 1. The highest BCUT2D eigenvalue weighted by Gasteiger charge is 2.49. The van der Waals surface area contributed by atoms with Crippen molar-refractivity contribution in [3.05, 3.63) is 77.9 Å². The second-order valence-electron chi connectivity index (χ2n) is 10.6. The average Bonchev–Trinajstić information content (AvgIpc) is 3.73. The van der Waals surface area contributed by atoms with Gasteiger partial charge in [-0.05, 0) is 64.9 Å². The van der Waals surface area contributed by atoms with Crippen LogP contribution >= 0.6 is 0 Å². The van der Waals surface area contributed by atoms with E-state index in [4.69, 9.17) is 4.99 Å². The molecule has 1 aromatic heterocycles. The number of tetrazole rings is 1. The zero-order chi connectivity index (χ0) is 27.7. The van der Waals surface area contributed by atoms with E-state index in [0.29, 0.717) is 23.5 Å². The number of aromatic nitrogens is 4. The number of rotatable bonds is 8. The summed E-state index contributed by atoms with van der Waals surface area (Å²) in [6.45, 7) is 2.61. The van der Waals surface area contributed by atoms with Crippen molar-refractivity contribution in [3.8, 4) is 33.6 Å². The third kappa shape index (κ3) is 4.69. The summed E-state index contributed by atoms with van der Waals surface area (Å²) in [6, 6.07) is 17.4. The molecular weight excluding hydrogens is 510 g/mol. The van der Waals surface area contributed by atoms with Crippen molar-refractivity contribution >= 4 is 11.7 Å². The van der Waals surface area contributed by atoms with Gasteiger partial charge >= 0.3 is 0 Å². The number of nitrogens with one attached hydrogen (secondary N) is 1. The van der Waals surface area contributed by atoms with Gasteiger partial charge in [-0.3, -0.25) is 14.7 Å². The van der Waals surface area contributed by atoms with E-state index in [0.717, 1.165) is 73.5 Å². The summed E-state index contributed by atoms with van der Waals surface area (Å²) in [4.78, 5) is 20.4. The molecule has 1 aliphatic carbocycles. The molecule has 0 saturated heterocycles. The minimum Gasteiger partial charge on any atom is -0.294 e. The molecule has 0 unspecified atom stereocenters. The summed E-state index contributed by atoms with van der Waals surface area (Å²) < 4.78 is 28.6. The van der Waals surface area contributed by atoms with Crippen molar-refractivity contribution in [2.24, 2.45) is 4.99 Å². The van der Waals surface area contributed by atoms with Gasteiger partial charge in [-0.2, -0.15) is 5.21 Å². The number of aliphatic imine (C=N–C) groups is 1. The van der Waals surface area contributed by atoms with Crippen LogP contribution in [0, 0.1) is 11.6 Å². The molecule has 204 valence electrons. The minimum absolute atomic E-state index is 0.129. The molecule has 1 spiro atoms. The zero-order valence-corrected chi connectivity index (χ0v) is 22.3. The zero-order valence-electron chi connectivity index (χ0n) is 22.3. The standard InChI is InChI=1S/C31H30F2N6O/c1-2-3-9-27-34-31(16-4-5-17-31)30(40)39(27)19-20-10-12-21(13-11-20)25-18-22(23-7-6-8-26(32)28(23)33)14-15-24(25)29-35-37-38-36-29/h6-8,10-15,18H,2-5,9,16-17,19H2,1H3,(H,35,36,37,38). The van der Waals surface area contributed by atoms with Crippen molar-refractivity contribution in [1.82, 2.24) is 25.5 Å². The smallest absolute Gasteiger partial charge is 0.256 e. The molecule has 1 N–H and O–H groups in total. The lowest BCUT2D eigenvalue weighted by atomic mass is 9.93. The van der Waals surface area contributed by atoms with Crippen LogP contribution in [0.3, 0.4) is 0 Å². The summed E-state index contributed by atoms with van der Waals surface area (Å²) in [7, 11) is 0. The molecule has 6 rings (SSSR count). The van der Waals surface area contributed by atoms with Crippen molar-refractivity contribution in [1.29, 1.82) is 0 Å². The first-order chi connectivity index (χ1) is 19.5. The minimum atomic E-state index is -0.900. The van der Waals surface area contributed by atoms with Gasteiger partial charge in [0.1, 0.15) is 11.4 Å². The Kier molecular flexibility index (Phi) is 6.96. The number of carbonyl (C=O) groups excluding carboxylic acids is 1. The van der Waals surface area contributed by atoms with E-state index in [-0.39, 0.29) is 11.5 Å². The second-order valence-corrected chi connectivity index (χ2v) is 10.6. The Bertz CT molecular complexity index is 1560. The van der Waals surface area contributed by atoms with Gasteiger partial charge in [0.2, 0.25) is 5.82 Å². The molecule has 2 heterocycles. The van der Waals surface area contributed by atoms with Crippen LogP contribution in [0.15, 0.2) is 65.7 Å². The van der Waals surface area contributed by atoms with Crippen LogP contribution in [-0.4, -0.2) is 42.8 Å². The lowest BCUT2D eigenvalue weighted by Crippen LogP contribution is -2.40. The van der Waals surface area contributed by atoms with Crippen molar-refractivity contribution in [2.75, 3.05) is 0 Å². The maximum Gasteiger partial charge on any atom is 0.256 e. The van der Waals surface area contributed by atoms with Gasteiger partial charge in [0.25, 0.3) is 5.91 Å². The monoisotopic (exact) mass is 540 g/mol. The molecule has 4 aromatic rings. The molecule has 1 fully saturated rings. The number of amides is 1. The molecular formula is C31H30F2N6O. The lowest BCUT2D eigenvalue weighted by Gasteiger charge is -2.23. The quantitative estimate of drug-likeness (QED) is 0.269. The summed E-state index contributed by atoms with van der Waals surface area (Å²) >= 11 is 0. The number of aromatic amines is 1. The van der Waals surface area contributed by atoms with E-state index in [1.807, 2.05) is 35.2 Å². The number of hydrogen-bond acceptors (Lipinski definition) is 5. The molecule has 7 nitrogen and oxygen atoms in total. The van der Waals surface area contributed by atoms with Crippen LogP contribution in [-0.2, 0) is 11.3 Å². The second kappa shape index (κ2) is 10.7. The number of benzene rings is 3. The molecule has 0 bridgehead atoms. The molecule has 40 heavy (non-hydrogen) atoms. The van der Waals surface area contributed by atoms with Gasteiger partial charge < -0.3 is 0 Å². The van der Waals surface area contributed by atoms with Crippen LogP contribution < -0.4 is 0 Å². The number of H-pyrrole nitrogens is 1. The van der Waals surface area contributed by atoms with E-state index in [2.05, 4.69) is 27.5 Å². The summed E-state index contributed by atoms with van der Waals surface area (Å²) in [6.07, 6.45) is 6.60. The average molecular weight is 541 g/mol. The third-order valence-corrected chi connectivity index (χ3v) is 7.96. The maximum atomic E-state index is 14.6. The summed E-state index contributed by atoms with van der Waals surface area (Å²) in [5.74, 6) is -0.367. The third-order valence-electron chi connectivity index (χ3n) is 7.96. The Morgan fingerprint density at radius 1 is 0.950 bits per heavy atom. The largest absolute Gasteiger partial charge is 0.294 e. The Hall–Kier alpha value is -4.27. The Morgan fingerprint density at radius 3 is 2.45 bits per heavy atom. The highest BCUT2D eigenvalue weighted by molar-refractivity contribution is 6.08. The Labute approximate surface area is 231 Å². The fourth-order valence-corrected chi connectivity index (χ4v) is 5.82. The van der Waals surface area contributed by atoms with Gasteiger partial charge in [-0.1, -0.05) is 68.7 Å². The van der Waals surface area contributed by atoms with E-state index in [1.165, 1.54) is 6.07 Å². The van der Waals surface area contributed by atoms with Crippen LogP contribution in [0.1, 0.15) is 57.4 Å². The van der Waals surface area contributed by atoms with Gasteiger partial charge in [-0.15, -0.1) is 10.2 Å². The summed E-state index contributed by atoms with van der Waals surface area (Å²) in [5.41, 5.74) is 3.44. The van der Waals surface area contributed by atoms with Gasteiger partial charge in [0.15, 0.2) is 11.6 Å². The maximum absolute atomic E-state index is 14.6. The molecule has 3 aromatic carbocycles. The highest BCUT2D eigenvalue weighted by atomic mass is 19.2. The van der Waals surface area contributed by atoms with E-state index >= 15 is 0 Å². The van der Waals surface area contributed by atoms with Gasteiger partial charge in [0, 0.05) is 17.5 Å². The topological polar surface area (TPSA) is 87.1 Å². The van der Waals surface area contributed by atoms with E-state index in [1.54, 1.807) is 18.2 Å². The predicted molar refractivity (Wildman–Crippen MR) is 149 cm³/mol. The number of nitrogens with zero attached hydrogens (tertiary/aromatic N) is 5. The van der Waals surface area contributed by atoms with Crippen LogP contribution in [0.2, 0.25) is 0 Å². The summed E-state index contributed by atoms with van der Waals surface area (Å²) in [5, 5.41) is 14.4. The highest BCUT2D eigenvalue weighted by Crippen LogP contribution is 2.40. The first-order valence-electron chi connectivity index (χ1n) is 13.8. The first-order valence-corrected chi connectivity index (χ1v) is 13.8. The Balaban J connectivity index is 1.32. The number of hydrogen-bond donors (Lipinski definition) is 1. The number of amidine groups is 1. The predicted octanol–water partition coefficient (Wildman–Crippen LogP) is 6.72. The molecule has 0 radical (unpaired) electrons. The SMILES string of the molecule is CCCCC1=NC2(CCCC2)C(=O)N1Cc1ccc(-c2cc(-c3cccc(F)c3F)ccc2-c2nn[nH]n2)cc1. The van der Waals surface area contributed by atoms with Gasteiger partial charge in [0.05, 0.1) is 6.54 Å². The number of halogens is 2. The molecule has 9 heteroatoms. The molecule has 1 saturated carbocycles. The van der Waals surface area contributed by atoms with Crippen LogP contribution in [0.25, 0.3) is 33.6 Å². The van der Waals surface area contributed by atoms with Crippen LogP contribution in [0.4, 0.5) is 8.78 Å². The lowest BCUT2D eigenvalue weighted by molar-refractivity contribution is -0.131. The van der Waals surface area contributed by atoms with Crippen molar-refractivity contribution in [3.63, 3.8) is 0 Å². The number of unbranched alkanes of at least 4 members (excludes halogenated alkanes) is 1. The molecule has 0 atom stereocenters. The first kappa shape index (κ1) is 26.0. The van der Waals surface area contributed by atoms with E-state index in [9.17, 15) is 13.6 Å². The van der Waals surface area contributed by atoms with Gasteiger partial charge in [-0.25, -0.2) is 8.78 Å². The van der Waals surface area contributed by atoms with Crippen LogP contribution in [0.5, 0.6) is 0 Å². The normalized spacial score (nSPS) is 16.2. The fraction of sp³-hybridized carbons (Fsp3) is 0.323. The van der Waals surface area contributed by atoms with E-state index < -0.39 is 17.2 Å². The molecule has 1 amide bonds. The van der Waals surface area contributed by atoms with Crippen molar-refractivity contribution in [2.45, 2.75) is 64.0 Å². The molecule has 2 aliphatic rings. The van der Waals surface area contributed by atoms with Crippen molar-refractivity contribution < 1.29 is 13.6 Å². The Morgan fingerprint density at radius 2 is 1.73 bits per heavy atom. The fourth-order valence-electron chi connectivity index (χ4n) is 5.82. The molecule has 1 aliphatic heterocycles.